The first kappa shape index (κ1) is 27.1. The Kier molecular flexibility index (Phi) is 10.0. The molecule has 4 nitrogen and oxygen atoms in total. The van der Waals surface area contributed by atoms with Crippen LogP contribution < -0.4 is 5.32 Å². The van der Waals surface area contributed by atoms with Crippen molar-refractivity contribution in [2.45, 2.75) is 39.3 Å². The second-order valence-electron chi connectivity index (χ2n) is 8.91. The number of benzene rings is 3. The van der Waals surface area contributed by atoms with Crippen LogP contribution in [0.1, 0.15) is 30.5 Å². The van der Waals surface area contributed by atoms with Crippen LogP contribution in [0.2, 0.25) is 15.1 Å². The third-order valence-electron chi connectivity index (χ3n) is 5.58. The number of carbonyl (C=O) groups excluding carboxylic acids is 2. The maximum absolute atomic E-state index is 13.7. The predicted octanol–water partition coefficient (Wildman–Crippen LogP) is 6.60. The van der Waals surface area contributed by atoms with Gasteiger partial charge in [0.15, 0.2) is 0 Å². The highest BCUT2D eigenvalue weighted by Crippen LogP contribution is 2.25. The summed E-state index contributed by atoms with van der Waals surface area (Å²) in [6.45, 7) is 4.76. The molecule has 0 aromatic heterocycles. The maximum Gasteiger partial charge on any atom is 0.243 e. The van der Waals surface area contributed by atoms with E-state index < -0.39 is 6.04 Å². The molecule has 0 spiro atoms. The maximum atomic E-state index is 13.7. The van der Waals surface area contributed by atoms with Crippen molar-refractivity contribution in [3.63, 3.8) is 0 Å². The number of amides is 2. The average Bonchev–Trinajstić information content (AvgIpc) is 2.83. The normalized spacial score (nSPS) is 11.8. The summed E-state index contributed by atoms with van der Waals surface area (Å²) in [5, 5.41) is 4.57. The summed E-state index contributed by atoms with van der Waals surface area (Å²) in [5.74, 6) is -0.101. The van der Waals surface area contributed by atoms with Gasteiger partial charge < -0.3 is 10.2 Å². The number of hydrogen-bond acceptors (Lipinski definition) is 2. The summed E-state index contributed by atoms with van der Waals surface area (Å²) in [4.78, 5) is 28.8. The monoisotopic (exact) mass is 530 g/mol. The Morgan fingerprint density at radius 1 is 0.857 bits per heavy atom. The van der Waals surface area contributed by atoms with E-state index in [1.807, 2.05) is 56.3 Å². The van der Waals surface area contributed by atoms with Crippen LogP contribution in [0, 0.1) is 5.92 Å². The lowest BCUT2D eigenvalue weighted by atomic mass is 10.0. The Morgan fingerprint density at radius 3 is 2.14 bits per heavy atom. The van der Waals surface area contributed by atoms with Gasteiger partial charge in [-0.15, -0.1) is 0 Å². The molecule has 2 amide bonds. The van der Waals surface area contributed by atoms with Crippen LogP contribution in [-0.4, -0.2) is 29.3 Å². The van der Waals surface area contributed by atoms with Crippen LogP contribution in [-0.2, 0) is 29.0 Å². The van der Waals surface area contributed by atoms with E-state index in [-0.39, 0.29) is 30.7 Å². The molecular weight excluding hydrogens is 503 g/mol. The standard InChI is InChI=1S/C28H29Cl3N2O2/c1-19(2)17-32-28(35)26(14-20-6-4-3-5-7-20)33(18-22-10-13-24(30)16-25(22)31)27(34)15-21-8-11-23(29)12-9-21/h3-13,16,19,26H,14-15,17-18H2,1-2H3,(H,32,35). The molecule has 184 valence electrons. The minimum Gasteiger partial charge on any atom is -0.354 e. The molecule has 0 heterocycles. The Bertz CT molecular complexity index is 1130. The fraction of sp³-hybridized carbons (Fsp3) is 0.286. The van der Waals surface area contributed by atoms with Crippen LogP contribution in [0.25, 0.3) is 0 Å². The molecule has 1 atom stereocenters. The van der Waals surface area contributed by atoms with Gasteiger partial charge in [-0.3, -0.25) is 9.59 Å². The summed E-state index contributed by atoms with van der Waals surface area (Å²) < 4.78 is 0. The van der Waals surface area contributed by atoms with Crippen LogP contribution in [0.5, 0.6) is 0 Å². The first-order valence-corrected chi connectivity index (χ1v) is 12.7. The van der Waals surface area contributed by atoms with Crippen molar-refractivity contribution in [2.75, 3.05) is 6.54 Å². The summed E-state index contributed by atoms with van der Waals surface area (Å²) >= 11 is 18.6. The van der Waals surface area contributed by atoms with Crippen molar-refractivity contribution in [2.24, 2.45) is 5.92 Å². The molecule has 0 bridgehead atoms. The highest BCUT2D eigenvalue weighted by Gasteiger charge is 2.31. The average molecular weight is 532 g/mol. The minimum atomic E-state index is -0.720. The number of halogens is 3. The lowest BCUT2D eigenvalue weighted by Crippen LogP contribution is -2.51. The largest absolute Gasteiger partial charge is 0.354 e. The van der Waals surface area contributed by atoms with Crippen LogP contribution >= 0.6 is 34.8 Å². The van der Waals surface area contributed by atoms with Gasteiger partial charge in [-0.25, -0.2) is 0 Å². The van der Waals surface area contributed by atoms with Crippen molar-refractivity contribution in [3.05, 3.63) is 105 Å². The lowest BCUT2D eigenvalue weighted by Gasteiger charge is -2.32. The van der Waals surface area contributed by atoms with Crippen LogP contribution in [0.4, 0.5) is 0 Å². The summed E-state index contributed by atoms with van der Waals surface area (Å²) in [5.41, 5.74) is 2.49. The van der Waals surface area contributed by atoms with Gasteiger partial charge in [0.25, 0.3) is 0 Å². The Labute approximate surface area is 222 Å². The number of nitrogens with zero attached hydrogens (tertiary/aromatic N) is 1. The second-order valence-corrected chi connectivity index (χ2v) is 10.2. The van der Waals surface area contributed by atoms with Crippen molar-refractivity contribution in [1.29, 1.82) is 0 Å². The zero-order chi connectivity index (χ0) is 25.4. The lowest BCUT2D eigenvalue weighted by molar-refractivity contribution is -0.140. The van der Waals surface area contributed by atoms with Gasteiger partial charge in [-0.05, 0) is 46.9 Å². The van der Waals surface area contributed by atoms with E-state index in [0.29, 0.717) is 28.0 Å². The number of rotatable bonds is 10. The topological polar surface area (TPSA) is 49.4 Å². The van der Waals surface area contributed by atoms with Crippen molar-refractivity contribution < 1.29 is 9.59 Å². The first-order chi connectivity index (χ1) is 16.7. The van der Waals surface area contributed by atoms with Crippen molar-refractivity contribution in [3.8, 4) is 0 Å². The van der Waals surface area contributed by atoms with Gasteiger partial charge >= 0.3 is 0 Å². The smallest absolute Gasteiger partial charge is 0.243 e. The molecular formula is C28H29Cl3N2O2. The van der Waals surface area contributed by atoms with E-state index in [0.717, 1.165) is 16.7 Å². The molecule has 35 heavy (non-hydrogen) atoms. The van der Waals surface area contributed by atoms with Crippen LogP contribution in [0.3, 0.4) is 0 Å². The first-order valence-electron chi connectivity index (χ1n) is 11.5. The number of nitrogens with one attached hydrogen (secondary N) is 1. The Balaban J connectivity index is 1.97. The molecule has 1 N–H and O–H groups in total. The van der Waals surface area contributed by atoms with E-state index in [4.69, 9.17) is 34.8 Å². The molecule has 7 heteroatoms. The molecule has 0 radical (unpaired) electrons. The molecule has 0 aliphatic carbocycles. The Hall–Kier alpha value is -2.53. The van der Waals surface area contributed by atoms with E-state index in [1.54, 1.807) is 35.2 Å². The molecule has 1 unspecified atom stereocenters. The zero-order valence-corrected chi connectivity index (χ0v) is 22.1. The summed E-state index contributed by atoms with van der Waals surface area (Å²) in [7, 11) is 0. The molecule has 0 saturated carbocycles. The van der Waals surface area contributed by atoms with Gasteiger partial charge in [-0.1, -0.05) is 97.2 Å². The SMILES string of the molecule is CC(C)CNC(=O)C(Cc1ccccc1)N(Cc1ccc(Cl)cc1Cl)C(=O)Cc1ccc(Cl)cc1. The third-order valence-corrected chi connectivity index (χ3v) is 6.42. The highest BCUT2D eigenvalue weighted by molar-refractivity contribution is 6.35. The van der Waals surface area contributed by atoms with Gasteiger partial charge in [0.05, 0.1) is 6.42 Å². The van der Waals surface area contributed by atoms with Crippen molar-refractivity contribution in [1.82, 2.24) is 10.2 Å². The van der Waals surface area contributed by atoms with Gasteiger partial charge in [-0.2, -0.15) is 0 Å². The van der Waals surface area contributed by atoms with E-state index in [1.165, 1.54) is 0 Å². The zero-order valence-electron chi connectivity index (χ0n) is 19.8. The number of carbonyl (C=O) groups is 2. The second kappa shape index (κ2) is 13.0. The van der Waals surface area contributed by atoms with E-state index >= 15 is 0 Å². The highest BCUT2D eigenvalue weighted by atomic mass is 35.5. The molecule has 3 aromatic carbocycles. The summed E-state index contributed by atoms with van der Waals surface area (Å²) in [6.07, 6.45) is 0.507. The summed E-state index contributed by atoms with van der Waals surface area (Å²) in [6, 6.07) is 21.3. The van der Waals surface area contributed by atoms with Crippen LogP contribution in [0.15, 0.2) is 72.8 Å². The van der Waals surface area contributed by atoms with E-state index in [2.05, 4.69) is 5.32 Å². The fourth-order valence-corrected chi connectivity index (χ4v) is 4.28. The quantitative estimate of drug-likeness (QED) is 0.320. The van der Waals surface area contributed by atoms with Crippen molar-refractivity contribution >= 4 is 46.6 Å². The third kappa shape index (κ3) is 8.28. The molecule has 3 rings (SSSR count). The molecule has 0 aliphatic heterocycles. The number of hydrogen-bond donors (Lipinski definition) is 1. The fourth-order valence-electron chi connectivity index (χ4n) is 3.69. The molecule has 0 aliphatic rings. The molecule has 0 saturated heterocycles. The van der Waals surface area contributed by atoms with Gasteiger partial charge in [0.1, 0.15) is 6.04 Å². The molecule has 0 fully saturated rings. The van der Waals surface area contributed by atoms with Gasteiger partial charge in [0.2, 0.25) is 11.8 Å². The predicted molar refractivity (Wildman–Crippen MR) is 144 cm³/mol. The minimum absolute atomic E-state index is 0.130. The van der Waals surface area contributed by atoms with E-state index in [9.17, 15) is 9.59 Å². The molecule has 3 aromatic rings. The van der Waals surface area contributed by atoms with Gasteiger partial charge in [0, 0.05) is 34.6 Å². The Morgan fingerprint density at radius 2 is 1.51 bits per heavy atom.